The molecule has 3 heterocycles. The van der Waals surface area contributed by atoms with E-state index in [0.717, 1.165) is 71.1 Å². The number of aliphatic hydroxyl groups excluding tert-OH is 1. The van der Waals surface area contributed by atoms with E-state index in [1.54, 1.807) is 6.08 Å². The molecular weight excluding hydrogens is 512 g/mol. The summed E-state index contributed by atoms with van der Waals surface area (Å²) in [7, 11) is 0. The second kappa shape index (κ2) is 12.7. The fourth-order valence-corrected chi connectivity index (χ4v) is 6.49. The molecule has 2 saturated heterocycles. The summed E-state index contributed by atoms with van der Waals surface area (Å²) in [6, 6.07) is 3.84. The monoisotopic (exact) mass is 552 g/mol. The molecule has 216 valence electrons. The van der Waals surface area contributed by atoms with Crippen molar-refractivity contribution in [3.8, 4) is 0 Å². The van der Waals surface area contributed by atoms with Gasteiger partial charge in [-0.05, 0) is 69.1 Å². The summed E-state index contributed by atoms with van der Waals surface area (Å²) >= 11 is 0. The van der Waals surface area contributed by atoms with Gasteiger partial charge in [-0.2, -0.15) is 13.2 Å². The van der Waals surface area contributed by atoms with Crippen LogP contribution in [0.1, 0.15) is 42.9 Å². The fourth-order valence-electron chi connectivity index (χ4n) is 6.49. The molecule has 0 bridgehead atoms. The average molecular weight is 553 g/mol. The molecule has 3 N–H and O–H groups in total. The lowest BCUT2D eigenvalue weighted by molar-refractivity contribution is -0.138. The molecule has 10 heteroatoms. The van der Waals surface area contributed by atoms with Crippen molar-refractivity contribution in [1.82, 2.24) is 15.1 Å². The number of hydrogen-bond acceptors (Lipinski definition) is 6. The van der Waals surface area contributed by atoms with Gasteiger partial charge in [0, 0.05) is 68.4 Å². The number of ether oxygens (including phenoxy) is 1. The average Bonchev–Trinajstić information content (AvgIpc) is 2.93. The van der Waals surface area contributed by atoms with Gasteiger partial charge >= 0.3 is 6.18 Å². The van der Waals surface area contributed by atoms with Crippen molar-refractivity contribution < 1.29 is 27.4 Å². The molecule has 0 saturated carbocycles. The van der Waals surface area contributed by atoms with Crippen molar-refractivity contribution >= 4 is 5.69 Å². The van der Waals surface area contributed by atoms with E-state index in [-0.39, 0.29) is 36.4 Å². The van der Waals surface area contributed by atoms with Gasteiger partial charge in [-0.3, -0.25) is 4.90 Å². The van der Waals surface area contributed by atoms with Gasteiger partial charge in [-0.15, -0.1) is 0 Å². The number of aliphatic hydroxyl groups is 1. The lowest BCUT2D eigenvalue weighted by Crippen LogP contribution is -2.48. The van der Waals surface area contributed by atoms with E-state index >= 15 is 0 Å². The van der Waals surface area contributed by atoms with E-state index < -0.39 is 17.8 Å². The van der Waals surface area contributed by atoms with Crippen molar-refractivity contribution in [2.45, 2.75) is 50.1 Å². The Kier molecular flexibility index (Phi) is 9.28. The first-order valence-electron chi connectivity index (χ1n) is 14.2. The molecule has 5 atom stereocenters. The van der Waals surface area contributed by atoms with Gasteiger partial charge in [-0.1, -0.05) is 6.08 Å². The molecule has 39 heavy (non-hydrogen) atoms. The number of hydrogen-bond donors (Lipinski definition) is 3. The summed E-state index contributed by atoms with van der Waals surface area (Å²) < 4.78 is 60.8. The smallest absolute Gasteiger partial charge is 0.395 e. The standard InChI is InChI=1S/C29H40F4N4O2/c30-22-5-2-20(3-6-22)27-24-8-7-23(19-34-10-1-11-36-12-14-37(15-13-36)16-17-38)39-28(24)25-18-21(29(31,32)33)4-9-26(25)35-27/h2,4-6,9,18,20,23-24,27-28,34-35,38H,1,3,7-8,10-17,19H2/t20?,23-,24+,27+,28+/m1/s1. The van der Waals surface area contributed by atoms with Crippen LogP contribution in [0, 0.1) is 11.8 Å². The third-order valence-corrected chi connectivity index (χ3v) is 8.65. The molecule has 3 aliphatic heterocycles. The number of β-amino-alcohol motifs (C(OH)–C–C–N with tert-alkyl or cyclic N) is 1. The number of benzene rings is 1. The quantitative estimate of drug-likeness (QED) is 0.313. The predicted molar refractivity (Wildman–Crippen MR) is 143 cm³/mol. The van der Waals surface area contributed by atoms with Crippen LogP contribution in [0.5, 0.6) is 0 Å². The molecule has 1 aliphatic carbocycles. The van der Waals surface area contributed by atoms with Crippen LogP contribution in [0.15, 0.2) is 42.3 Å². The van der Waals surface area contributed by atoms with Crippen LogP contribution < -0.4 is 10.6 Å². The van der Waals surface area contributed by atoms with Crippen LogP contribution in [-0.2, 0) is 10.9 Å². The van der Waals surface area contributed by atoms with Crippen molar-refractivity contribution in [1.29, 1.82) is 0 Å². The third kappa shape index (κ3) is 7.03. The maximum atomic E-state index is 13.6. The number of rotatable bonds is 9. The highest BCUT2D eigenvalue weighted by atomic mass is 19.4. The van der Waals surface area contributed by atoms with E-state index in [9.17, 15) is 17.6 Å². The molecule has 1 unspecified atom stereocenters. The van der Waals surface area contributed by atoms with E-state index in [1.165, 1.54) is 18.2 Å². The first-order chi connectivity index (χ1) is 18.8. The van der Waals surface area contributed by atoms with Crippen LogP contribution in [0.25, 0.3) is 0 Å². The maximum Gasteiger partial charge on any atom is 0.416 e. The normalized spacial score (nSPS) is 29.9. The molecule has 6 nitrogen and oxygen atoms in total. The van der Waals surface area contributed by atoms with Gasteiger partial charge in [0.15, 0.2) is 0 Å². The number of allylic oxidation sites excluding steroid dienone is 3. The number of alkyl halides is 3. The number of nitrogens with zero attached hydrogens (tertiary/aromatic N) is 2. The van der Waals surface area contributed by atoms with Crippen LogP contribution in [-0.4, -0.2) is 86.0 Å². The van der Waals surface area contributed by atoms with Crippen LogP contribution in [0.4, 0.5) is 23.2 Å². The van der Waals surface area contributed by atoms with Gasteiger partial charge in [-0.25, -0.2) is 4.39 Å². The Bertz CT molecular complexity index is 1030. The lowest BCUT2D eigenvalue weighted by Gasteiger charge is -2.47. The summed E-state index contributed by atoms with van der Waals surface area (Å²) in [4.78, 5) is 4.73. The SMILES string of the molecule is OCCN1CCN(CCCNC[C@H]2CC[C@@H]3[C@H](O2)c2cc(C(F)(F)F)ccc2N[C@H]3C2C=CC(F)=CC2)CC1. The Labute approximate surface area is 228 Å². The Morgan fingerprint density at radius 2 is 1.85 bits per heavy atom. The lowest BCUT2D eigenvalue weighted by atomic mass is 9.73. The highest BCUT2D eigenvalue weighted by Crippen LogP contribution is 2.49. The first kappa shape index (κ1) is 28.5. The fraction of sp³-hybridized carbons (Fsp3) is 0.655. The van der Waals surface area contributed by atoms with Gasteiger partial charge in [0.2, 0.25) is 0 Å². The van der Waals surface area contributed by atoms with E-state index in [2.05, 4.69) is 20.4 Å². The van der Waals surface area contributed by atoms with Crippen molar-refractivity contribution in [3.63, 3.8) is 0 Å². The van der Waals surface area contributed by atoms with Crippen LogP contribution in [0.3, 0.4) is 0 Å². The summed E-state index contributed by atoms with van der Waals surface area (Å²) in [5.41, 5.74) is 0.576. The van der Waals surface area contributed by atoms with Crippen LogP contribution in [0.2, 0.25) is 0 Å². The van der Waals surface area contributed by atoms with Crippen LogP contribution >= 0.6 is 0 Å². The predicted octanol–water partition coefficient (Wildman–Crippen LogP) is 4.35. The molecule has 0 aromatic heterocycles. The summed E-state index contributed by atoms with van der Waals surface area (Å²) in [6.45, 7) is 7.49. The number of nitrogens with one attached hydrogen (secondary N) is 2. The minimum absolute atomic E-state index is 0.00550. The second-order valence-electron chi connectivity index (χ2n) is 11.2. The summed E-state index contributed by atoms with van der Waals surface area (Å²) in [5.74, 6) is -0.189. The number of anilines is 1. The topological polar surface area (TPSA) is 60.0 Å². The first-order valence-corrected chi connectivity index (χ1v) is 14.2. The largest absolute Gasteiger partial charge is 0.416 e. The zero-order valence-electron chi connectivity index (χ0n) is 22.3. The van der Waals surface area contributed by atoms with E-state index in [4.69, 9.17) is 9.84 Å². The van der Waals surface area contributed by atoms with Gasteiger partial charge in [0.25, 0.3) is 0 Å². The molecule has 0 radical (unpaired) electrons. The van der Waals surface area contributed by atoms with Gasteiger partial charge in [0.05, 0.1) is 24.4 Å². The van der Waals surface area contributed by atoms with Crippen molar-refractivity contribution in [2.75, 3.05) is 64.3 Å². The van der Waals surface area contributed by atoms with Crippen molar-refractivity contribution in [2.24, 2.45) is 11.8 Å². The van der Waals surface area contributed by atoms with E-state index in [0.29, 0.717) is 24.2 Å². The molecule has 0 amide bonds. The molecule has 4 aliphatic rings. The maximum absolute atomic E-state index is 13.6. The number of piperazine rings is 1. The zero-order valence-corrected chi connectivity index (χ0v) is 22.3. The Balaban J connectivity index is 1.18. The molecule has 0 spiro atoms. The Hall–Kier alpha value is -1.98. The second-order valence-corrected chi connectivity index (χ2v) is 11.2. The van der Waals surface area contributed by atoms with Gasteiger partial charge < -0.3 is 25.4 Å². The molecule has 5 rings (SSSR count). The number of fused-ring (bicyclic) bond motifs is 3. The Morgan fingerprint density at radius 1 is 1.08 bits per heavy atom. The summed E-state index contributed by atoms with van der Waals surface area (Å²) in [5, 5.41) is 16.1. The minimum Gasteiger partial charge on any atom is -0.395 e. The molecule has 1 aromatic carbocycles. The molecular formula is C29H40F4N4O2. The van der Waals surface area contributed by atoms with Crippen molar-refractivity contribution in [3.05, 3.63) is 53.4 Å². The molecule has 2 fully saturated rings. The Morgan fingerprint density at radius 3 is 2.54 bits per heavy atom. The minimum atomic E-state index is -4.42. The molecule has 1 aromatic rings. The summed E-state index contributed by atoms with van der Waals surface area (Å²) in [6.07, 6.45) is 3.24. The van der Waals surface area contributed by atoms with Gasteiger partial charge in [0.1, 0.15) is 5.83 Å². The zero-order chi connectivity index (χ0) is 27.4. The highest BCUT2D eigenvalue weighted by molar-refractivity contribution is 5.58. The highest BCUT2D eigenvalue weighted by Gasteiger charge is 2.45. The number of halogens is 4. The third-order valence-electron chi connectivity index (χ3n) is 8.65. The van der Waals surface area contributed by atoms with E-state index in [1.807, 2.05) is 6.08 Å².